The monoisotopic (exact) mass is 259 g/mol. The molecular weight excluding hydrogens is 238 g/mol. The fourth-order valence-electron chi connectivity index (χ4n) is 2.97. The Hall–Kier alpha value is -1.55. The summed E-state index contributed by atoms with van der Waals surface area (Å²) in [5, 5.41) is 3.70. The predicted octanol–water partition coefficient (Wildman–Crippen LogP) is 2.32. The molecule has 2 fully saturated rings. The first-order valence-corrected chi connectivity index (χ1v) is 7.09. The molecule has 0 radical (unpaired) electrons. The Balaban J connectivity index is 1.74. The summed E-state index contributed by atoms with van der Waals surface area (Å²) in [6.45, 7) is 4.11. The molecule has 1 aromatic rings. The van der Waals surface area contributed by atoms with Crippen LogP contribution in [0.4, 0.5) is 5.69 Å². The average Bonchev–Trinajstić information content (AvgIpc) is 2.76. The van der Waals surface area contributed by atoms with Gasteiger partial charge in [0.1, 0.15) is 5.75 Å². The van der Waals surface area contributed by atoms with Gasteiger partial charge in [0.15, 0.2) is 0 Å². The molecule has 0 spiro atoms. The SMILES string of the molecule is C/C=C\Oc1cncc(N2CC[C@H]3CC[C@@H](C2)N3)c1. The number of rotatable bonds is 3. The summed E-state index contributed by atoms with van der Waals surface area (Å²) in [7, 11) is 0. The van der Waals surface area contributed by atoms with Crippen LogP contribution in [0.5, 0.6) is 5.75 Å². The Morgan fingerprint density at radius 3 is 3.11 bits per heavy atom. The summed E-state index contributed by atoms with van der Waals surface area (Å²) in [6, 6.07) is 3.42. The van der Waals surface area contributed by atoms with E-state index in [9.17, 15) is 0 Å². The first-order valence-electron chi connectivity index (χ1n) is 7.09. The third-order valence-electron chi connectivity index (χ3n) is 3.93. The van der Waals surface area contributed by atoms with Gasteiger partial charge in [0.05, 0.1) is 24.3 Å². The van der Waals surface area contributed by atoms with Crippen LogP contribution in [0.2, 0.25) is 0 Å². The third-order valence-corrected chi connectivity index (χ3v) is 3.93. The van der Waals surface area contributed by atoms with Crippen LogP contribution in [0.1, 0.15) is 26.2 Å². The van der Waals surface area contributed by atoms with Crippen molar-refractivity contribution in [3.05, 3.63) is 30.8 Å². The van der Waals surface area contributed by atoms with Gasteiger partial charge in [0.2, 0.25) is 0 Å². The van der Waals surface area contributed by atoms with Crippen LogP contribution in [0, 0.1) is 0 Å². The molecule has 19 heavy (non-hydrogen) atoms. The highest BCUT2D eigenvalue weighted by Crippen LogP contribution is 2.26. The fraction of sp³-hybridized carbons (Fsp3) is 0.533. The van der Waals surface area contributed by atoms with E-state index in [0.717, 1.165) is 24.5 Å². The highest BCUT2D eigenvalue weighted by Gasteiger charge is 2.29. The lowest BCUT2D eigenvalue weighted by Gasteiger charge is -2.26. The number of ether oxygens (including phenoxy) is 1. The van der Waals surface area contributed by atoms with Crippen LogP contribution in [-0.4, -0.2) is 30.2 Å². The van der Waals surface area contributed by atoms with Gasteiger partial charge in [-0.3, -0.25) is 4.98 Å². The molecule has 0 unspecified atom stereocenters. The van der Waals surface area contributed by atoms with Gasteiger partial charge in [-0.05, 0) is 26.2 Å². The second-order valence-electron chi connectivity index (χ2n) is 5.34. The molecule has 102 valence electrons. The minimum atomic E-state index is 0.632. The molecule has 0 aromatic carbocycles. The van der Waals surface area contributed by atoms with Crippen molar-refractivity contribution in [3.63, 3.8) is 0 Å². The zero-order valence-electron chi connectivity index (χ0n) is 11.4. The van der Waals surface area contributed by atoms with Crippen molar-refractivity contribution in [1.29, 1.82) is 0 Å². The fourth-order valence-corrected chi connectivity index (χ4v) is 2.97. The Labute approximate surface area is 114 Å². The number of hydrogen-bond acceptors (Lipinski definition) is 4. The number of nitrogens with zero attached hydrogens (tertiary/aromatic N) is 2. The van der Waals surface area contributed by atoms with E-state index in [1.807, 2.05) is 19.2 Å². The molecule has 3 rings (SSSR count). The minimum absolute atomic E-state index is 0.632. The Morgan fingerprint density at radius 2 is 2.21 bits per heavy atom. The molecule has 4 nitrogen and oxygen atoms in total. The minimum Gasteiger partial charge on any atom is -0.464 e. The van der Waals surface area contributed by atoms with E-state index in [1.165, 1.54) is 19.3 Å². The Bertz CT molecular complexity index is 460. The van der Waals surface area contributed by atoms with Crippen LogP contribution in [0.3, 0.4) is 0 Å². The van der Waals surface area contributed by atoms with Gasteiger partial charge in [-0.2, -0.15) is 0 Å². The summed E-state index contributed by atoms with van der Waals surface area (Å²) in [5.41, 5.74) is 1.16. The molecule has 2 atom stereocenters. The lowest BCUT2D eigenvalue weighted by atomic mass is 10.1. The zero-order valence-corrected chi connectivity index (χ0v) is 11.4. The molecular formula is C15H21N3O. The first kappa shape index (κ1) is 12.5. The lowest BCUT2D eigenvalue weighted by Crippen LogP contribution is -2.35. The van der Waals surface area contributed by atoms with Gasteiger partial charge < -0.3 is 15.0 Å². The van der Waals surface area contributed by atoms with Gasteiger partial charge in [-0.1, -0.05) is 6.08 Å². The maximum Gasteiger partial charge on any atom is 0.146 e. The standard InChI is InChI=1S/C15H21N3O/c1-2-7-19-15-8-14(9-16-10-15)18-6-5-12-3-4-13(11-18)17-12/h2,7-10,12-13,17H,3-6,11H2,1H3/b7-2-/t12-,13+/m1/s1. The summed E-state index contributed by atoms with van der Waals surface area (Å²) in [4.78, 5) is 6.71. The molecule has 4 heteroatoms. The maximum atomic E-state index is 5.49. The number of aromatic nitrogens is 1. The first-order chi connectivity index (χ1) is 9.35. The maximum absolute atomic E-state index is 5.49. The van der Waals surface area contributed by atoms with Gasteiger partial charge in [-0.15, -0.1) is 0 Å². The smallest absolute Gasteiger partial charge is 0.146 e. The van der Waals surface area contributed by atoms with Crippen LogP contribution >= 0.6 is 0 Å². The van der Waals surface area contributed by atoms with E-state index >= 15 is 0 Å². The Kier molecular flexibility index (Phi) is 3.69. The third kappa shape index (κ3) is 2.89. The van der Waals surface area contributed by atoms with Gasteiger partial charge in [-0.25, -0.2) is 0 Å². The summed E-state index contributed by atoms with van der Waals surface area (Å²) < 4.78 is 5.49. The van der Waals surface area contributed by atoms with Crippen LogP contribution < -0.4 is 15.0 Å². The van der Waals surface area contributed by atoms with Crippen molar-refractivity contribution in [2.24, 2.45) is 0 Å². The van der Waals surface area contributed by atoms with Crippen LogP contribution in [0.25, 0.3) is 0 Å². The number of nitrogens with one attached hydrogen (secondary N) is 1. The van der Waals surface area contributed by atoms with E-state index in [0.29, 0.717) is 12.1 Å². The zero-order chi connectivity index (χ0) is 13.1. The van der Waals surface area contributed by atoms with Crippen LogP contribution in [-0.2, 0) is 0 Å². The summed E-state index contributed by atoms with van der Waals surface area (Å²) in [6.07, 6.45) is 11.1. The van der Waals surface area contributed by atoms with Crippen molar-refractivity contribution >= 4 is 5.69 Å². The van der Waals surface area contributed by atoms with Gasteiger partial charge in [0.25, 0.3) is 0 Å². The van der Waals surface area contributed by atoms with E-state index < -0.39 is 0 Å². The molecule has 0 saturated carbocycles. The second-order valence-corrected chi connectivity index (χ2v) is 5.34. The summed E-state index contributed by atoms with van der Waals surface area (Å²) >= 11 is 0. The van der Waals surface area contributed by atoms with E-state index in [4.69, 9.17) is 4.74 Å². The highest BCUT2D eigenvalue weighted by molar-refractivity contribution is 5.48. The quantitative estimate of drug-likeness (QED) is 0.845. The van der Waals surface area contributed by atoms with Gasteiger partial charge >= 0.3 is 0 Å². The molecule has 0 aliphatic carbocycles. The van der Waals surface area contributed by atoms with Crippen molar-refractivity contribution < 1.29 is 4.74 Å². The van der Waals surface area contributed by atoms with Crippen molar-refractivity contribution in [1.82, 2.24) is 10.3 Å². The largest absolute Gasteiger partial charge is 0.464 e. The molecule has 2 bridgehead atoms. The number of fused-ring (bicyclic) bond motifs is 2. The van der Waals surface area contributed by atoms with Crippen molar-refractivity contribution in [3.8, 4) is 5.75 Å². The Morgan fingerprint density at radius 1 is 1.32 bits per heavy atom. The van der Waals surface area contributed by atoms with Crippen LogP contribution in [0.15, 0.2) is 30.8 Å². The van der Waals surface area contributed by atoms with E-state index in [-0.39, 0.29) is 0 Å². The molecule has 2 aliphatic heterocycles. The second kappa shape index (κ2) is 5.61. The highest BCUT2D eigenvalue weighted by atomic mass is 16.5. The normalized spacial score (nSPS) is 26.7. The lowest BCUT2D eigenvalue weighted by molar-refractivity contribution is 0.477. The number of hydrogen-bond donors (Lipinski definition) is 1. The molecule has 2 saturated heterocycles. The van der Waals surface area contributed by atoms with Gasteiger partial charge in [0, 0.05) is 31.2 Å². The molecule has 1 aromatic heterocycles. The van der Waals surface area contributed by atoms with Crippen molar-refractivity contribution in [2.45, 2.75) is 38.3 Å². The van der Waals surface area contributed by atoms with E-state index in [1.54, 1.807) is 12.5 Å². The van der Waals surface area contributed by atoms with E-state index in [2.05, 4.69) is 21.3 Å². The molecule has 2 aliphatic rings. The topological polar surface area (TPSA) is 37.4 Å². The predicted molar refractivity (Wildman–Crippen MR) is 76.5 cm³/mol. The molecule has 1 N–H and O–H groups in total. The molecule has 0 amide bonds. The number of pyridine rings is 1. The van der Waals surface area contributed by atoms with Crippen molar-refractivity contribution in [2.75, 3.05) is 18.0 Å². The average molecular weight is 259 g/mol. The molecule has 3 heterocycles. The number of anilines is 1. The summed E-state index contributed by atoms with van der Waals surface area (Å²) in [5.74, 6) is 0.804. The number of allylic oxidation sites excluding steroid dienone is 1.